The molecule has 0 saturated heterocycles. The molecule has 6 rings (SSSR count). The summed E-state index contributed by atoms with van der Waals surface area (Å²) in [5, 5.41) is 27.4. The molecular formula is C30H22Cl2N8. The van der Waals surface area contributed by atoms with Crippen molar-refractivity contribution >= 4 is 57.7 Å². The predicted molar refractivity (Wildman–Crippen MR) is 163 cm³/mol. The first-order valence-electron chi connectivity index (χ1n) is 12.3. The fourth-order valence-electron chi connectivity index (χ4n) is 4.28. The van der Waals surface area contributed by atoms with Crippen LogP contribution in [0.5, 0.6) is 0 Å². The number of hydrogen-bond donors (Lipinski definition) is 4. The molecule has 3 aromatic heterocycles. The Kier molecular flexibility index (Phi) is 7.01. The first kappa shape index (κ1) is 25.4. The summed E-state index contributed by atoms with van der Waals surface area (Å²) in [6.45, 7) is 0. The standard InChI is InChI=1S/C30H22Cl2N8/c31-21-13-12-20(17-22(21)32)27-18-34-29-26(11-6-16-40(27)29)35-24-9-4-5-10-25(24)36-30(33)37-28-15-14-23(38-39-28)19-7-2-1-3-8-19/h1-18,35H,(H3,33,36,37,39). The first-order valence-corrected chi connectivity index (χ1v) is 13.1. The van der Waals surface area contributed by atoms with Gasteiger partial charge in [0, 0.05) is 17.3 Å². The Bertz CT molecular complexity index is 1820. The number of imidazole rings is 1. The summed E-state index contributed by atoms with van der Waals surface area (Å²) in [6.07, 6.45) is 3.74. The van der Waals surface area contributed by atoms with E-state index in [9.17, 15) is 0 Å². The van der Waals surface area contributed by atoms with Crippen LogP contribution in [-0.4, -0.2) is 25.5 Å². The van der Waals surface area contributed by atoms with Crippen LogP contribution in [0, 0.1) is 5.41 Å². The van der Waals surface area contributed by atoms with Crippen LogP contribution in [0.15, 0.2) is 109 Å². The monoisotopic (exact) mass is 564 g/mol. The highest BCUT2D eigenvalue weighted by Crippen LogP contribution is 2.32. The summed E-state index contributed by atoms with van der Waals surface area (Å²) in [5.41, 5.74) is 6.53. The molecule has 8 nitrogen and oxygen atoms in total. The van der Waals surface area contributed by atoms with Crippen LogP contribution in [0.2, 0.25) is 10.0 Å². The van der Waals surface area contributed by atoms with Gasteiger partial charge in [-0.25, -0.2) is 4.98 Å². The lowest BCUT2D eigenvalue weighted by molar-refractivity contribution is 1.04. The zero-order valence-electron chi connectivity index (χ0n) is 20.9. The molecule has 6 aromatic rings. The smallest absolute Gasteiger partial charge is 0.198 e. The van der Waals surface area contributed by atoms with Gasteiger partial charge in [0.05, 0.1) is 44.7 Å². The minimum atomic E-state index is 0.0527. The van der Waals surface area contributed by atoms with Gasteiger partial charge in [-0.3, -0.25) is 9.81 Å². The second kappa shape index (κ2) is 11.1. The number of nitrogens with zero attached hydrogens (tertiary/aromatic N) is 4. The van der Waals surface area contributed by atoms with Gasteiger partial charge < -0.3 is 16.0 Å². The first-order chi connectivity index (χ1) is 19.5. The maximum absolute atomic E-state index is 8.47. The maximum Gasteiger partial charge on any atom is 0.198 e. The highest BCUT2D eigenvalue weighted by atomic mass is 35.5. The highest BCUT2D eigenvalue weighted by Gasteiger charge is 2.13. The zero-order chi connectivity index (χ0) is 27.5. The van der Waals surface area contributed by atoms with Crippen LogP contribution in [0.4, 0.5) is 22.9 Å². The number of pyridine rings is 1. The van der Waals surface area contributed by atoms with Crippen molar-refractivity contribution < 1.29 is 0 Å². The third kappa shape index (κ3) is 5.31. The quantitative estimate of drug-likeness (QED) is 0.121. The van der Waals surface area contributed by atoms with E-state index < -0.39 is 0 Å². The molecule has 3 heterocycles. The van der Waals surface area contributed by atoms with Crippen molar-refractivity contribution in [1.82, 2.24) is 19.6 Å². The van der Waals surface area contributed by atoms with E-state index in [-0.39, 0.29) is 5.96 Å². The minimum Gasteiger partial charge on any atom is -0.351 e. The number of guanidine groups is 1. The molecule has 0 saturated carbocycles. The molecule has 0 fully saturated rings. The normalized spacial score (nSPS) is 10.8. The third-order valence-electron chi connectivity index (χ3n) is 6.19. The van der Waals surface area contributed by atoms with Crippen molar-refractivity contribution in [3.05, 3.63) is 120 Å². The molecule has 4 N–H and O–H groups in total. The summed E-state index contributed by atoms with van der Waals surface area (Å²) in [4.78, 5) is 4.65. The number of aromatic nitrogens is 4. The van der Waals surface area contributed by atoms with Crippen LogP contribution in [0.3, 0.4) is 0 Å². The predicted octanol–water partition coefficient (Wildman–Crippen LogP) is 7.97. The second-order valence-corrected chi connectivity index (χ2v) is 9.67. The number of para-hydroxylation sites is 2. The fourth-order valence-corrected chi connectivity index (χ4v) is 4.58. The Hall–Kier alpha value is -4.92. The zero-order valence-corrected chi connectivity index (χ0v) is 22.4. The van der Waals surface area contributed by atoms with Gasteiger partial charge in [-0.05, 0) is 48.5 Å². The van der Waals surface area contributed by atoms with Gasteiger partial charge in [0.2, 0.25) is 0 Å². The summed E-state index contributed by atoms with van der Waals surface area (Å²) >= 11 is 12.4. The summed E-state index contributed by atoms with van der Waals surface area (Å²) in [7, 11) is 0. The lowest BCUT2D eigenvalue weighted by Gasteiger charge is -2.15. The average molecular weight is 565 g/mol. The summed E-state index contributed by atoms with van der Waals surface area (Å²) in [6, 6.07) is 30.5. The number of fused-ring (bicyclic) bond motifs is 1. The molecule has 0 aliphatic heterocycles. The van der Waals surface area contributed by atoms with Gasteiger partial charge in [0.25, 0.3) is 0 Å². The SMILES string of the molecule is N=C(Nc1ccc(-c2ccccc2)nn1)Nc1ccccc1Nc1cccn2c(-c3ccc(Cl)c(Cl)c3)cnc12. The molecule has 0 radical (unpaired) electrons. The Labute approximate surface area is 240 Å². The van der Waals surface area contributed by atoms with Crippen molar-refractivity contribution in [2.24, 2.45) is 0 Å². The van der Waals surface area contributed by atoms with E-state index in [0.29, 0.717) is 21.6 Å². The van der Waals surface area contributed by atoms with Crippen LogP contribution in [0.25, 0.3) is 28.2 Å². The largest absolute Gasteiger partial charge is 0.351 e. The van der Waals surface area contributed by atoms with E-state index in [2.05, 4.69) is 31.1 Å². The lowest BCUT2D eigenvalue weighted by Crippen LogP contribution is -2.21. The molecule has 0 aliphatic carbocycles. The van der Waals surface area contributed by atoms with Crippen molar-refractivity contribution in [1.29, 1.82) is 5.41 Å². The minimum absolute atomic E-state index is 0.0527. The molecule has 0 aliphatic rings. The molecule has 10 heteroatoms. The van der Waals surface area contributed by atoms with E-state index in [1.165, 1.54) is 0 Å². The van der Waals surface area contributed by atoms with E-state index in [1.54, 1.807) is 18.3 Å². The van der Waals surface area contributed by atoms with Crippen LogP contribution in [0.1, 0.15) is 0 Å². The molecule has 40 heavy (non-hydrogen) atoms. The van der Waals surface area contributed by atoms with Crippen molar-refractivity contribution in [3.8, 4) is 22.5 Å². The molecule has 196 valence electrons. The van der Waals surface area contributed by atoms with Crippen molar-refractivity contribution in [3.63, 3.8) is 0 Å². The Morgan fingerprint density at radius 3 is 2.25 bits per heavy atom. The second-order valence-electron chi connectivity index (χ2n) is 8.85. The molecular weight excluding hydrogens is 543 g/mol. The van der Waals surface area contributed by atoms with Crippen LogP contribution < -0.4 is 16.0 Å². The number of halogens is 2. The molecule has 0 amide bonds. The Morgan fingerprint density at radius 1 is 0.700 bits per heavy atom. The lowest BCUT2D eigenvalue weighted by atomic mass is 10.1. The molecule has 0 bridgehead atoms. The van der Waals surface area contributed by atoms with E-state index in [1.807, 2.05) is 95.5 Å². The van der Waals surface area contributed by atoms with Gasteiger partial charge in [-0.1, -0.05) is 71.7 Å². The summed E-state index contributed by atoms with van der Waals surface area (Å²) in [5.74, 6) is 0.511. The topological polar surface area (TPSA) is 103 Å². The van der Waals surface area contributed by atoms with E-state index in [4.69, 9.17) is 28.6 Å². The number of benzene rings is 3. The number of nitrogens with one attached hydrogen (secondary N) is 4. The van der Waals surface area contributed by atoms with Gasteiger partial charge in [0.1, 0.15) is 0 Å². The van der Waals surface area contributed by atoms with Crippen LogP contribution in [-0.2, 0) is 0 Å². The molecule has 0 unspecified atom stereocenters. The van der Waals surface area contributed by atoms with Gasteiger partial charge >= 0.3 is 0 Å². The van der Waals surface area contributed by atoms with Gasteiger partial charge in [-0.2, -0.15) is 0 Å². The van der Waals surface area contributed by atoms with Crippen LogP contribution >= 0.6 is 23.2 Å². The van der Waals surface area contributed by atoms with E-state index >= 15 is 0 Å². The van der Waals surface area contributed by atoms with Gasteiger partial charge in [-0.15, -0.1) is 10.2 Å². The van der Waals surface area contributed by atoms with Crippen molar-refractivity contribution in [2.45, 2.75) is 0 Å². The average Bonchev–Trinajstić information content (AvgIpc) is 3.42. The highest BCUT2D eigenvalue weighted by molar-refractivity contribution is 6.42. The Balaban J connectivity index is 1.20. The van der Waals surface area contributed by atoms with Gasteiger partial charge in [0.15, 0.2) is 17.4 Å². The van der Waals surface area contributed by atoms with Crippen molar-refractivity contribution in [2.75, 3.05) is 16.0 Å². The fraction of sp³-hybridized carbons (Fsp3) is 0. The third-order valence-corrected chi connectivity index (χ3v) is 6.93. The maximum atomic E-state index is 8.47. The Morgan fingerprint density at radius 2 is 1.48 bits per heavy atom. The van der Waals surface area contributed by atoms with E-state index in [0.717, 1.165) is 39.5 Å². The number of rotatable bonds is 6. The molecule has 0 spiro atoms. The molecule has 0 atom stereocenters. The number of hydrogen-bond acceptors (Lipinski definition) is 5. The summed E-state index contributed by atoms with van der Waals surface area (Å²) < 4.78 is 1.99. The molecule has 3 aromatic carbocycles. The number of anilines is 4.